The average Bonchev–Trinajstić information content (AvgIpc) is 2.54. The Hall–Kier alpha value is -1.64. The molecule has 2 heterocycles. The van der Waals surface area contributed by atoms with Gasteiger partial charge in [-0.25, -0.2) is 4.98 Å². The van der Waals surface area contributed by atoms with Crippen molar-refractivity contribution in [2.75, 3.05) is 44.8 Å². The Kier molecular flexibility index (Phi) is 6.17. The van der Waals surface area contributed by atoms with Crippen molar-refractivity contribution in [2.24, 2.45) is 0 Å². The molecule has 1 unspecified atom stereocenters. The zero-order chi connectivity index (χ0) is 15.9. The number of nitriles is 1. The Labute approximate surface area is 133 Å². The van der Waals surface area contributed by atoms with Crippen LogP contribution < -0.4 is 4.90 Å². The van der Waals surface area contributed by atoms with Gasteiger partial charge in [-0.15, -0.1) is 0 Å². The van der Waals surface area contributed by atoms with E-state index in [1.165, 1.54) is 12.8 Å². The second kappa shape index (κ2) is 8.11. The average molecular weight is 302 g/mol. The van der Waals surface area contributed by atoms with Crippen molar-refractivity contribution >= 4 is 5.82 Å². The number of anilines is 1. The van der Waals surface area contributed by atoms with Crippen molar-refractivity contribution < 1.29 is 4.74 Å². The van der Waals surface area contributed by atoms with Crippen LogP contribution in [0.25, 0.3) is 0 Å². The molecule has 0 saturated carbocycles. The van der Waals surface area contributed by atoms with Crippen molar-refractivity contribution in [3.8, 4) is 6.07 Å². The molecular formula is C17H26N4O. The van der Waals surface area contributed by atoms with Gasteiger partial charge >= 0.3 is 0 Å². The van der Waals surface area contributed by atoms with E-state index in [1.807, 2.05) is 19.1 Å². The molecule has 120 valence electrons. The first-order valence-corrected chi connectivity index (χ1v) is 8.05. The first-order valence-electron chi connectivity index (χ1n) is 8.05. The number of aryl methyl sites for hydroxylation is 1. The first kappa shape index (κ1) is 16.7. The van der Waals surface area contributed by atoms with Gasteiger partial charge in [0.15, 0.2) is 0 Å². The minimum absolute atomic E-state index is 0.530. The summed E-state index contributed by atoms with van der Waals surface area (Å²) in [5.41, 5.74) is 1.47. The van der Waals surface area contributed by atoms with E-state index in [0.29, 0.717) is 11.7 Å². The molecule has 0 bridgehead atoms. The largest absolute Gasteiger partial charge is 0.383 e. The molecule has 2 rings (SSSR count). The standard InChI is InChI=1S/C17H26N4O/c1-4-5-15-13-21(9-8-20(15)10-11-22-3)17-7-6-14(2)16(12-18)19-17/h6-7,15H,4-5,8-11,13H2,1-3H3. The van der Waals surface area contributed by atoms with Gasteiger partial charge in [-0.3, -0.25) is 4.90 Å². The maximum atomic E-state index is 9.16. The van der Waals surface area contributed by atoms with Crippen LogP contribution in [0.5, 0.6) is 0 Å². The molecule has 1 atom stereocenters. The van der Waals surface area contributed by atoms with Gasteiger partial charge in [-0.05, 0) is 25.0 Å². The van der Waals surface area contributed by atoms with Crippen LogP contribution in [0.1, 0.15) is 31.0 Å². The smallest absolute Gasteiger partial charge is 0.145 e. The van der Waals surface area contributed by atoms with Crippen LogP contribution in [0.3, 0.4) is 0 Å². The van der Waals surface area contributed by atoms with Gasteiger partial charge in [0.2, 0.25) is 0 Å². The molecule has 22 heavy (non-hydrogen) atoms. The lowest BCUT2D eigenvalue weighted by Gasteiger charge is -2.42. The summed E-state index contributed by atoms with van der Waals surface area (Å²) in [6, 6.07) is 6.74. The van der Waals surface area contributed by atoms with E-state index in [4.69, 9.17) is 10.00 Å². The highest BCUT2D eigenvalue weighted by Crippen LogP contribution is 2.21. The van der Waals surface area contributed by atoms with Crippen molar-refractivity contribution in [1.82, 2.24) is 9.88 Å². The Morgan fingerprint density at radius 1 is 1.41 bits per heavy atom. The van der Waals surface area contributed by atoms with E-state index >= 15 is 0 Å². The van der Waals surface area contributed by atoms with Crippen LogP contribution >= 0.6 is 0 Å². The molecule has 0 aromatic carbocycles. The molecule has 1 aliphatic heterocycles. The van der Waals surface area contributed by atoms with Gasteiger partial charge in [0.1, 0.15) is 17.6 Å². The summed E-state index contributed by atoms with van der Waals surface area (Å²) in [4.78, 5) is 9.34. The molecule has 0 N–H and O–H groups in total. The first-order chi connectivity index (χ1) is 10.7. The zero-order valence-corrected chi connectivity index (χ0v) is 13.9. The van der Waals surface area contributed by atoms with Gasteiger partial charge in [0.05, 0.1) is 6.61 Å². The van der Waals surface area contributed by atoms with Crippen molar-refractivity contribution in [3.05, 3.63) is 23.4 Å². The molecule has 5 nitrogen and oxygen atoms in total. The number of ether oxygens (including phenoxy) is 1. The highest BCUT2D eigenvalue weighted by atomic mass is 16.5. The summed E-state index contributed by atoms with van der Waals surface area (Å²) in [5, 5.41) is 9.16. The molecule has 5 heteroatoms. The van der Waals surface area contributed by atoms with Gasteiger partial charge in [0.25, 0.3) is 0 Å². The van der Waals surface area contributed by atoms with Gasteiger partial charge in [-0.2, -0.15) is 5.26 Å². The Bertz CT molecular complexity index is 526. The molecule has 1 aromatic rings. The second-order valence-electron chi connectivity index (χ2n) is 5.86. The number of methoxy groups -OCH3 is 1. The normalized spacial score (nSPS) is 19.2. The lowest BCUT2D eigenvalue weighted by atomic mass is 10.1. The van der Waals surface area contributed by atoms with E-state index in [1.54, 1.807) is 7.11 Å². The van der Waals surface area contributed by atoms with Crippen LogP contribution in [0.4, 0.5) is 5.82 Å². The molecule has 0 radical (unpaired) electrons. The van der Waals surface area contributed by atoms with Crippen LogP contribution in [-0.2, 0) is 4.74 Å². The highest BCUT2D eigenvalue weighted by Gasteiger charge is 2.26. The second-order valence-corrected chi connectivity index (χ2v) is 5.86. The zero-order valence-electron chi connectivity index (χ0n) is 13.9. The van der Waals surface area contributed by atoms with E-state index in [9.17, 15) is 0 Å². The molecule has 1 aliphatic rings. The van der Waals surface area contributed by atoms with Crippen LogP contribution in [0.15, 0.2) is 12.1 Å². The number of pyridine rings is 1. The van der Waals surface area contributed by atoms with E-state index in [2.05, 4.69) is 27.8 Å². The molecule has 0 aliphatic carbocycles. The fraction of sp³-hybridized carbons (Fsp3) is 0.647. The number of nitrogens with zero attached hydrogens (tertiary/aromatic N) is 4. The summed E-state index contributed by atoms with van der Waals surface area (Å²) in [5.74, 6) is 0.926. The third-order valence-electron chi connectivity index (χ3n) is 4.32. The maximum Gasteiger partial charge on any atom is 0.145 e. The fourth-order valence-corrected chi connectivity index (χ4v) is 3.02. The summed E-state index contributed by atoms with van der Waals surface area (Å²) in [6.45, 7) is 8.86. The Morgan fingerprint density at radius 3 is 2.91 bits per heavy atom. The predicted molar refractivity (Wildman–Crippen MR) is 88.0 cm³/mol. The van der Waals surface area contributed by atoms with Gasteiger partial charge in [-0.1, -0.05) is 19.4 Å². The van der Waals surface area contributed by atoms with Crippen LogP contribution in [0.2, 0.25) is 0 Å². The Balaban J connectivity index is 2.09. The molecule has 1 fully saturated rings. The summed E-state index contributed by atoms with van der Waals surface area (Å²) in [6.07, 6.45) is 2.35. The van der Waals surface area contributed by atoms with Crippen molar-refractivity contribution in [1.29, 1.82) is 5.26 Å². The van der Waals surface area contributed by atoms with Crippen LogP contribution in [0, 0.1) is 18.3 Å². The lowest BCUT2D eigenvalue weighted by Crippen LogP contribution is -2.54. The number of rotatable bonds is 6. The number of piperazine rings is 1. The predicted octanol–water partition coefficient (Wildman–Crippen LogP) is 2.20. The minimum Gasteiger partial charge on any atom is -0.383 e. The maximum absolute atomic E-state index is 9.16. The third kappa shape index (κ3) is 3.96. The third-order valence-corrected chi connectivity index (χ3v) is 4.32. The van der Waals surface area contributed by atoms with Crippen LogP contribution in [-0.4, -0.2) is 55.8 Å². The topological polar surface area (TPSA) is 52.4 Å². The molecule has 0 amide bonds. The summed E-state index contributed by atoms with van der Waals surface area (Å²) in [7, 11) is 1.75. The van der Waals surface area contributed by atoms with Crippen molar-refractivity contribution in [2.45, 2.75) is 32.7 Å². The van der Waals surface area contributed by atoms with E-state index in [-0.39, 0.29) is 0 Å². The molecule has 1 saturated heterocycles. The number of hydrogen-bond donors (Lipinski definition) is 0. The quantitative estimate of drug-likeness (QED) is 0.806. The highest BCUT2D eigenvalue weighted by molar-refractivity contribution is 5.45. The molecular weight excluding hydrogens is 276 g/mol. The SMILES string of the molecule is CCCC1CN(c2ccc(C)c(C#N)n2)CCN1CCOC. The fourth-order valence-electron chi connectivity index (χ4n) is 3.02. The Morgan fingerprint density at radius 2 is 2.23 bits per heavy atom. The van der Waals surface area contributed by atoms with Crippen molar-refractivity contribution in [3.63, 3.8) is 0 Å². The number of hydrogen-bond acceptors (Lipinski definition) is 5. The monoisotopic (exact) mass is 302 g/mol. The van der Waals surface area contributed by atoms with Gasteiger partial charge < -0.3 is 9.64 Å². The van der Waals surface area contributed by atoms with Gasteiger partial charge in [0, 0.05) is 39.3 Å². The minimum atomic E-state index is 0.530. The van der Waals surface area contributed by atoms with E-state index in [0.717, 1.165) is 44.2 Å². The number of aromatic nitrogens is 1. The lowest BCUT2D eigenvalue weighted by molar-refractivity contribution is 0.107. The summed E-state index contributed by atoms with van der Waals surface area (Å²) >= 11 is 0. The van der Waals surface area contributed by atoms with E-state index < -0.39 is 0 Å². The molecule has 1 aromatic heterocycles. The molecule has 0 spiro atoms. The summed E-state index contributed by atoms with van der Waals surface area (Å²) < 4.78 is 5.22.